The quantitative estimate of drug-likeness (QED) is 0.752. The highest BCUT2D eigenvalue weighted by atomic mass is 32.2. The Morgan fingerprint density at radius 3 is 2.50 bits per heavy atom. The molecule has 0 aliphatic carbocycles. The van der Waals surface area contributed by atoms with Crippen molar-refractivity contribution in [3.63, 3.8) is 0 Å². The molecule has 2 heterocycles. The minimum absolute atomic E-state index is 0.231. The van der Waals surface area contributed by atoms with E-state index in [0.717, 1.165) is 6.07 Å². The number of nitrogens with zero attached hydrogens (tertiary/aromatic N) is 1. The molecule has 9 heteroatoms. The van der Waals surface area contributed by atoms with Crippen LogP contribution in [0, 0.1) is 5.82 Å². The maximum absolute atomic E-state index is 13.9. The number of carbonyl (C=O) groups is 1. The van der Waals surface area contributed by atoms with Crippen LogP contribution < -0.4 is 10.5 Å². The van der Waals surface area contributed by atoms with Crippen molar-refractivity contribution >= 4 is 21.6 Å². The van der Waals surface area contributed by atoms with Crippen molar-refractivity contribution in [3.05, 3.63) is 66.4 Å². The lowest BCUT2D eigenvalue weighted by molar-refractivity contribution is 0.0991. The average molecular weight is 349 g/mol. The standard InChI is InChI=1S/C15H12FN3O4S/c16-11-4-3-10(9-12(11)19-7-1-2-8-19)18-15(20)13-5-6-14(23-13)24(17,21)22/h1-9H,(H,18,20)(H2,17,21,22). The van der Waals surface area contributed by atoms with Gasteiger partial charge in [0.15, 0.2) is 5.76 Å². The van der Waals surface area contributed by atoms with Crippen molar-refractivity contribution in [2.75, 3.05) is 5.32 Å². The first-order valence-electron chi connectivity index (χ1n) is 6.71. The summed E-state index contributed by atoms with van der Waals surface area (Å²) in [4.78, 5) is 12.1. The number of furan rings is 1. The van der Waals surface area contributed by atoms with E-state index in [1.165, 1.54) is 24.3 Å². The van der Waals surface area contributed by atoms with Gasteiger partial charge in [-0.1, -0.05) is 0 Å². The molecule has 3 rings (SSSR count). The number of nitrogens with two attached hydrogens (primary N) is 1. The van der Waals surface area contributed by atoms with Gasteiger partial charge < -0.3 is 14.3 Å². The zero-order valence-electron chi connectivity index (χ0n) is 12.1. The molecule has 3 N–H and O–H groups in total. The third-order valence-electron chi connectivity index (χ3n) is 3.17. The van der Waals surface area contributed by atoms with Gasteiger partial charge in [-0.15, -0.1) is 0 Å². The Bertz CT molecular complexity index is 994. The summed E-state index contributed by atoms with van der Waals surface area (Å²) in [5.41, 5.74) is 0.570. The Kier molecular flexibility index (Phi) is 3.96. The molecule has 3 aromatic rings. The Morgan fingerprint density at radius 1 is 1.17 bits per heavy atom. The van der Waals surface area contributed by atoms with E-state index in [-0.39, 0.29) is 11.4 Å². The summed E-state index contributed by atoms with van der Waals surface area (Å²) in [6, 6.07) is 9.78. The number of benzene rings is 1. The molecule has 2 aromatic heterocycles. The summed E-state index contributed by atoms with van der Waals surface area (Å²) in [5, 5.41) is 6.91. The number of sulfonamides is 1. The number of hydrogen-bond donors (Lipinski definition) is 2. The fourth-order valence-corrected chi connectivity index (χ4v) is 2.53. The maximum Gasteiger partial charge on any atom is 0.291 e. The number of hydrogen-bond acceptors (Lipinski definition) is 4. The van der Waals surface area contributed by atoms with Crippen molar-refractivity contribution in [2.24, 2.45) is 5.14 Å². The van der Waals surface area contributed by atoms with Crippen molar-refractivity contribution in [3.8, 4) is 5.69 Å². The highest BCUT2D eigenvalue weighted by molar-refractivity contribution is 7.89. The Balaban J connectivity index is 1.85. The molecule has 0 aliphatic rings. The van der Waals surface area contributed by atoms with E-state index >= 15 is 0 Å². The van der Waals surface area contributed by atoms with Crippen LogP contribution in [-0.4, -0.2) is 18.9 Å². The second-order valence-corrected chi connectivity index (χ2v) is 6.37. The number of amides is 1. The number of anilines is 1. The van der Waals surface area contributed by atoms with Crippen LogP contribution in [0.2, 0.25) is 0 Å². The minimum atomic E-state index is -4.03. The van der Waals surface area contributed by atoms with Crippen LogP contribution in [0.5, 0.6) is 0 Å². The number of aromatic nitrogens is 1. The third kappa shape index (κ3) is 3.21. The van der Waals surface area contributed by atoms with Gasteiger partial charge in [0.05, 0.1) is 5.69 Å². The molecule has 0 spiro atoms. The lowest BCUT2D eigenvalue weighted by Crippen LogP contribution is -2.13. The molecule has 0 bridgehead atoms. The van der Waals surface area contributed by atoms with E-state index in [1.807, 2.05) is 0 Å². The summed E-state index contributed by atoms with van der Waals surface area (Å²) >= 11 is 0. The van der Waals surface area contributed by atoms with Gasteiger partial charge in [0.25, 0.3) is 15.9 Å². The van der Waals surface area contributed by atoms with Crippen LogP contribution in [0.4, 0.5) is 10.1 Å². The molecule has 124 valence electrons. The normalized spacial score (nSPS) is 11.4. The van der Waals surface area contributed by atoms with Gasteiger partial charge in [-0.3, -0.25) is 4.79 Å². The first-order valence-corrected chi connectivity index (χ1v) is 8.26. The average Bonchev–Trinajstić information content (AvgIpc) is 3.20. The predicted molar refractivity (Wildman–Crippen MR) is 83.8 cm³/mol. The van der Waals surface area contributed by atoms with Crippen LogP contribution in [0.15, 0.2) is 64.4 Å². The number of nitrogens with one attached hydrogen (secondary N) is 1. The van der Waals surface area contributed by atoms with Crippen LogP contribution in [-0.2, 0) is 10.0 Å². The van der Waals surface area contributed by atoms with E-state index < -0.39 is 26.8 Å². The first kappa shape index (κ1) is 16.0. The van der Waals surface area contributed by atoms with Gasteiger partial charge in [0, 0.05) is 18.1 Å². The van der Waals surface area contributed by atoms with E-state index in [1.54, 1.807) is 29.1 Å². The Morgan fingerprint density at radius 2 is 1.88 bits per heavy atom. The molecule has 0 radical (unpaired) electrons. The number of halogens is 1. The second-order valence-electron chi connectivity index (χ2n) is 4.87. The molecule has 1 amide bonds. The van der Waals surface area contributed by atoms with E-state index in [0.29, 0.717) is 5.69 Å². The maximum atomic E-state index is 13.9. The molecule has 0 unspecified atom stereocenters. The highest BCUT2D eigenvalue weighted by Crippen LogP contribution is 2.20. The molecular formula is C15H12FN3O4S. The van der Waals surface area contributed by atoms with Gasteiger partial charge in [-0.2, -0.15) is 0 Å². The first-order chi connectivity index (χ1) is 11.3. The summed E-state index contributed by atoms with van der Waals surface area (Å²) in [7, 11) is -4.03. The Hall–Kier alpha value is -2.91. The van der Waals surface area contributed by atoms with Gasteiger partial charge >= 0.3 is 0 Å². The zero-order chi connectivity index (χ0) is 17.3. The van der Waals surface area contributed by atoms with Crippen LogP contribution in [0.3, 0.4) is 0 Å². The summed E-state index contributed by atoms with van der Waals surface area (Å²) in [5.74, 6) is -1.38. The molecule has 0 atom stereocenters. The number of carbonyl (C=O) groups excluding carboxylic acids is 1. The number of rotatable bonds is 4. The van der Waals surface area contributed by atoms with Crippen molar-refractivity contribution < 1.29 is 22.0 Å². The molecule has 0 saturated heterocycles. The second kappa shape index (κ2) is 5.95. The SMILES string of the molecule is NS(=O)(=O)c1ccc(C(=O)Nc2ccc(F)c(-n3cccc3)c2)o1. The van der Waals surface area contributed by atoms with E-state index in [2.05, 4.69) is 5.32 Å². The van der Waals surface area contributed by atoms with Crippen molar-refractivity contribution in [1.82, 2.24) is 4.57 Å². The summed E-state index contributed by atoms with van der Waals surface area (Å²) in [6.45, 7) is 0. The lowest BCUT2D eigenvalue weighted by Gasteiger charge is -2.08. The highest BCUT2D eigenvalue weighted by Gasteiger charge is 2.18. The molecule has 1 aromatic carbocycles. The van der Waals surface area contributed by atoms with Crippen LogP contribution in [0.1, 0.15) is 10.6 Å². The van der Waals surface area contributed by atoms with E-state index in [4.69, 9.17) is 9.56 Å². The molecule has 7 nitrogen and oxygen atoms in total. The van der Waals surface area contributed by atoms with Crippen molar-refractivity contribution in [1.29, 1.82) is 0 Å². The van der Waals surface area contributed by atoms with Crippen LogP contribution >= 0.6 is 0 Å². The van der Waals surface area contributed by atoms with Gasteiger partial charge in [-0.25, -0.2) is 17.9 Å². The number of primary sulfonamides is 1. The molecule has 0 aliphatic heterocycles. The fraction of sp³-hybridized carbons (Fsp3) is 0. The minimum Gasteiger partial charge on any atom is -0.438 e. The smallest absolute Gasteiger partial charge is 0.291 e. The lowest BCUT2D eigenvalue weighted by atomic mass is 10.2. The molecular weight excluding hydrogens is 337 g/mol. The monoisotopic (exact) mass is 349 g/mol. The molecule has 0 saturated carbocycles. The Labute approximate surface area is 136 Å². The zero-order valence-corrected chi connectivity index (χ0v) is 13.0. The molecule has 24 heavy (non-hydrogen) atoms. The molecule has 0 fully saturated rings. The van der Waals surface area contributed by atoms with Gasteiger partial charge in [-0.05, 0) is 42.5 Å². The predicted octanol–water partition coefficient (Wildman–Crippen LogP) is 2.11. The van der Waals surface area contributed by atoms with Gasteiger partial charge in [0.2, 0.25) is 5.09 Å². The van der Waals surface area contributed by atoms with Gasteiger partial charge in [0.1, 0.15) is 5.82 Å². The third-order valence-corrected chi connectivity index (χ3v) is 3.95. The largest absolute Gasteiger partial charge is 0.438 e. The summed E-state index contributed by atoms with van der Waals surface area (Å²) < 4.78 is 42.6. The topological polar surface area (TPSA) is 107 Å². The van der Waals surface area contributed by atoms with Crippen molar-refractivity contribution in [2.45, 2.75) is 5.09 Å². The van der Waals surface area contributed by atoms with Crippen LogP contribution in [0.25, 0.3) is 5.69 Å². The fourth-order valence-electron chi connectivity index (χ4n) is 2.07. The summed E-state index contributed by atoms with van der Waals surface area (Å²) in [6.07, 6.45) is 3.32. The van der Waals surface area contributed by atoms with E-state index in [9.17, 15) is 17.6 Å².